The van der Waals surface area contributed by atoms with Crippen molar-refractivity contribution in [1.29, 1.82) is 0 Å². The molecule has 0 amide bonds. The first kappa shape index (κ1) is 15.3. The van der Waals surface area contributed by atoms with E-state index in [-0.39, 0.29) is 0 Å². The maximum absolute atomic E-state index is 9.88. The van der Waals surface area contributed by atoms with Crippen LogP contribution >= 0.6 is 11.3 Å². The Hall–Kier alpha value is -1.17. The fourth-order valence-corrected chi connectivity index (χ4v) is 0.885. The van der Waals surface area contributed by atoms with E-state index in [4.69, 9.17) is 4.79 Å². The van der Waals surface area contributed by atoms with Crippen LogP contribution in [0.25, 0.3) is 0 Å². The molecule has 0 fully saturated rings. The number of aldehydes is 2. The molecule has 0 bridgehead atoms. The van der Waals surface area contributed by atoms with Gasteiger partial charge in [-0.3, -0.25) is 4.79 Å². The summed E-state index contributed by atoms with van der Waals surface area (Å²) in [6, 6.07) is 3.64. The van der Waals surface area contributed by atoms with E-state index in [0.29, 0.717) is 0 Å². The molecule has 0 aliphatic carbocycles. The molecule has 1 heterocycles. The van der Waals surface area contributed by atoms with Gasteiger partial charge in [0.2, 0.25) is 0 Å². The van der Waals surface area contributed by atoms with Crippen molar-refractivity contribution in [3.8, 4) is 0 Å². The van der Waals surface area contributed by atoms with Crippen molar-refractivity contribution in [1.82, 2.24) is 0 Å². The molecule has 0 atom stereocenters. The van der Waals surface area contributed by atoms with E-state index in [1.165, 1.54) is 18.3 Å². The number of rotatable bonds is 1. The fourth-order valence-electron chi connectivity index (χ4n) is 0.358. The first-order chi connectivity index (χ1) is 6.58. The third-order valence-electron chi connectivity index (χ3n) is 0.659. The highest BCUT2D eigenvalue weighted by atomic mass is 32.1. The van der Waals surface area contributed by atoms with Gasteiger partial charge in [0, 0.05) is 0 Å². The van der Waals surface area contributed by atoms with Crippen LogP contribution in [0.5, 0.6) is 0 Å². The number of alkyl halides is 3. The Morgan fingerprint density at radius 1 is 1.36 bits per heavy atom. The molecule has 14 heavy (non-hydrogen) atoms. The molecule has 80 valence electrons. The van der Waals surface area contributed by atoms with Gasteiger partial charge in [-0.05, 0) is 18.4 Å². The highest BCUT2D eigenvalue weighted by molar-refractivity contribution is 7.11. The number of thiophene rings is 1. The SMILES string of the molecule is CC=O.FC(F)F.O=Cc1cccs1. The summed E-state index contributed by atoms with van der Waals surface area (Å²) in [6.07, 6.45) is 1.60. The molecule has 0 N–H and O–H groups in total. The lowest BCUT2D eigenvalue weighted by Gasteiger charge is -1.66. The van der Waals surface area contributed by atoms with E-state index < -0.39 is 6.68 Å². The van der Waals surface area contributed by atoms with Crippen molar-refractivity contribution >= 4 is 23.9 Å². The summed E-state index contributed by atoms with van der Waals surface area (Å²) < 4.78 is 29.0. The molecule has 0 saturated heterocycles. The number of carbonyl (C=O) groups excluding carboxylic acids is 2. The smallest absolute Gasteiger partial charge is 0.304 e. The van der Waals surface area contributed by atoms with Crippen molar-refractivity contribution in [2.24, 2.45) is 0 Å². The molecule has 0 spiro atoms. The van der Waals surface area contributed by atoms with E-state index >= 15 is 0 Å². The minimum absolute atomic E-state index is 0.750. The van der Waals surface area contributed by atoms with E-state index in [1.807, 2.05) is 11.4 Å². The predicted molar refractivity (Wildman–Crippen MR) is 48.6 cm³/mol. The second kappa shape index (κ2) is 11.8. The topological polar surface area (TPSA) is 34.1 Å². The number of carbonyl (C=O) groups is 2. The zero-order valence-corrected chi connectivity index (χ0v) is 8.14. The predicted octanol–water partition coefficient (Wildman–Crippen LogP) is 2.94. The van der Waals surface area contributed by atoms with E-state index in [0.717, 1.165) is 17.4 Å². The molecule has 1 aromatic rings. The Balaban J connectivity index is 0. The molecular formula is C8H9F3O2S. The molecule has 2 nitrogen and oxygen atoms in total. The summed E-state index contributed by atoms with van der Waals surface area (Å²) in [5.41, 5.74) is 0. The number of hydrogen-bond acceptors (Lipinski definition) is 3. The van der Waals surface area contributed by atoms with Gasteiger partial charge in [-0.2, -0.15) is 13.2 Å². The lowest BCUT2D eigenvalue weighted by molar-refractivity contribution is -0.106. The summed E-state index contributed by atoms with van der Waals surface area (Å²) in [7, 11) is 0. The Kier molecular flexibility index (Phi) is 12.9. The standard InChI is InChI=1S/C5H4OS.C2H4O.CHF3/c6-4-5-2-1-3-7-5;1-2-3;2-1(3)4/h1-4H;2H,1H3;1H. The van der Waals surface area contributed by atoms with E-state index in [2.05, 4.69) is 0 Å². The Morgan fingerprint density at radius 2 is 1.79 bits per heavy atom. The highest BCUT2D eigenvalue weighted by Crippen LogP contribution is 2.03. The zero-order chi connectivity index (χ0) is 11.4. The van der Waals surface area contributed by atoms with Crippen LogP contribution in [-0.4, -0.2) is 19.3 Å². The summed E-state index contributed by atoms with van der Waals surface area (Å²) >= 11 is 1.45. The molecule has 0 aromatic carbocycles. The molecule has 0 radical (unpaired) electrons. The van der Waals surface area contributed by atoms with Gasteiger partial charge in [0.15, 0.2) is 6.29 Å². The third-order valence-corrected chi connectivity index (χ3v) is 1.46. The summed E-state index contributed by atoms with van der Waals surface area (Å²) in [4.78, 5) is 19.5. The minimum Gasteiger partial charge on any atom is -0.304 e. The van der Waals surface area contributed by atoms with Crippen molar-refractivity contribution in [3.05, 3.63) is 22.4 Å². The average molecular weight is 226 g/mol. The highest BCUT2D eigenvalue weighted by Gasteiger charge is 1.86. The van der Waals surface area contributed by atoms with Crippen LogP contribution < -0.4 is 0 Å². The third kappa shape index (κ3) is 17.1. The lowest BCUT2D eigenvalue weighted by atomic mass is 10.5. The summed E-state index contributed by atoms with van der Waals surface area (Å²) in [5.74, 6) is 0. The monoisotopic (exact) mass is 226 g/mol. The van der Waals surface area contributed by atoms with Gasteiger partial charge in [-0.1, -0.05) is 6.07 Å². The van der Waals surface area contributed by atoms with E-state index in [9.17, 15) is 18.0 Å². The van der Waals surface area contributed by atoms with E-state index in [1.54, 1.807) is 6.07 Å². The van der Waals surface area contributed by atoms with Crippen molar-refractivity contribution in [3.63, 3.8) is 0 Å². The fraction of sp³-hybridized carbons (Fsp3) is 0.250. The van der Waals surface area contributed by atoms with Crippen LogP contribution in [0.2, 0.25) is 0 Å². The van der Waals surface area contributed by atoms with Gasteiger partial charge in [-0.15, -0.1) is 11.3 Å². The number of hydrogen-bond donors (Lipinski definition) is 0. The molecular weight excluding hydrogens is 217 g/mol. The normalized spacial score (nSPS) is 7.79. The lowest BCUT2D eigenvalue weighted by Crippen LogP contribution is -1.65. The van der Waals surface area contributed by atoms with Crippen molar-refractivity contribution in [2.75, 3.05) is 0 Å². The van der Waals surface area contributed by atoms with Crippen molar-refractivity contribution < 1.29 is 22.8 Å². The van der Waals surface area contributed by atoms with Gasteiger partial charge >= 0.3 is 6.68 Å². The maximum atomic E-state index is 9.88. The maximum Gasteiger partial charge on any atom is 0.379 e. The Morgan fingerprint density at radius 3 is 1.93 bits per heavy atom. The average Bonchev–Trinajstić information content (AvgIpc) is 2.55. The van der Waals surface area contributed by atoms with Crippen LogP contribution in [0.1, 0.15) is 16.6 Å². The molecule has 6 heteroatoms. The second-order valence-electron chi connectivity index (χ2n) is 1.62. The van der Waals surface area contributed by atoms with Gasteiger partial charge in [0.1, 0.15) is 6.29 Å². The zero-order valence-electron chi connectivity index (χ0n) is 7.32. The summed E-state index contributed by atoms with van der Waals surface area (Å²) in [5, 5.41) is 1.88. The second-order valence-corrected chi connectivity index (χ2v) is 2.60. The van der Waals surface area contributed by atoms with Crippen LogP contribution in [-0.2, 0) is 4.79 Å². The molecule has 1 rings (SSSR count). The van der Waals surface area contributed by atoms with Gasteiger partial charge in [-0.25, -0.2) is 0 Å². The van der Waals surface area contributed by atoms with Gasteiger partial charge in [0.25, 0.3) is 0 Å². The Bertz CT molecular complexity index is 222. The first-order valence-corrected chi connectivity index (χ1v) is 4.27. The first-order valence-electron chi connectivity index (χ1n) is 3.39. The van der Waals surface area contributed by atoms with Crippen LogP contribution in [0, 0.1) is 0 Å². The molecule has 0 aliphatic heterocycles. The minimum atomic E-state index is -3.67. The number of halogens is 3. The van der Waals surface area contributed by atoms with Crippen LogP contribution in [0.3, 0.4) is 0 Å². The van der Waals surface area contributed by atoms with Crippen LogP contribution in [0.4, 0.5) is 13.2 Å². The molecule has 0 saturated carbocycles. The largest absolute Gasteiger partial charge is 0.379 e. The van der Waals surface area contributed by atoms with Crippen LogP contribution in [0.15, 0.2) is 17.5 Å². The van der Waals surface area contributed by atoms with Gasteiger partial charge in [0.05, 0.1) is 4.88 Å². The molecule has 0 aliphatic rings. The van der Waals surface area contributed by atoms with Crippen molar-refractivity contribution in [2.45, 2.75) is 13.6 Å². The molecule has 1 aromatic heterocycles. The quantitative estimate of drug-likeness (QED) is 0.690. The Labute approximate surface area is 83.4 Å². The van der Waals surface area contributed by atoms with Gasteiger partial charge < -0.3 is 4.79 Å². The summed E-state index contributed by atoms with van der Waals surface area (Å²) in [6.45, 7) is -2.22. The molecule has 0 unspecified atom stereocenters.